The van der Waals surface area contributed by atoms with Gasteiger partial charge in [-0.05, 0) is 35.6 Å². The molecule has 1 aromatic carbocycles. The summed E-state index contributed by atoms with van der Waals surface area (Å²) in [5, 5.41) is 1.23. The Bertz CT molecular complexity index is 559. The van der Waals surface area contributed by atoms with Gasteiger partial charge >= 0.3 is 0 Å². The summed E-state index contributed by atoms with van der Waals surface area (Å²) in [7, 11) is 1.69. The number of nitrogens with zero attached hydrogens (tertiary/aromatic N) is 1. The number of aromatic nitrogens is 1. The highest BCUT2D eigenvalue weighted by Crippen LogP contribution is 2.29. The Morgan fingerprint density at radius 1 is 0.950 bits per heavy atom. The molecule has 0 atom stereocenters. The predicted octanol–water partition coefficient (Wildman–Crippen LogP) is 5.52. The lowest BCUT2D eigenvalue weighted by atomic mass is 9.95. The molecule has 0 radical (unpaired) electrons. The van der Waals surface area contributed by atoms with Crippen LogP contribution in [0.15, 0.2) is 24.3 Å². The zero-order valence-corrected chi connectivity index (χ0v) is 13.8. The topological polar surface area (TPSA) is 22.1 Å². The van der Waals surface area contributed by atoms with Crippen molar-refractivity contribution in [3.63, 3.8) is 0 Å². The molecule has 0 spiro atoms. The van der Waals surface area contributed by atoms with Gasteiger partial charge < -0.3 is 4.74 Å². The third kappa shape index (κ3) is 3.50. The predicted molar refractivity (Wildman–Crippen MR) is 87.8 cm³/mol. The largest absolute Gasteiger partial charge is 0.497 e. The van der Waals surface area contributed by atoms with Crippen molar-refractivity contribution in [3.05, 3.63) is 35.5 Å². The van der Waals surface area contributed by atoms with Gasteiger partial charge in [-0.25, -0.2) is 0 Å². The number of benzene rings is 1. The highest BCUT2D eigenvalue weighted by Gasteiger charge is 2.11. The summed E-state index contributed by atoms with van der Waals surface area (Å²) < 4.78 is 5.28. The van der Waals surface area contributed by atoms with Crippen LogP contribution in [0.5, 0.6) is 5.75 Å². The molecule has 0 aliphatic rings. The lowest BCUT2D eigenvalue weighted by Gasteiger charge is -2.14. The SMILES string of the molecule is CC.COc1ccc2c(C(C)C)cc(C(C)C)nc2c1. The molecule has 0 aliphatic heterocycles. The summed E-state index contributed by atoms with van der Waals surface area (Å²) in [6, 6.07) is 8.38. The van der Waals surface area contributed by atoms with E-state index in [-0.39, 0.29) is 0 Å². The molecule has 0 amide bonds. The van der Waals surface area contributed by atoms with Gasteiger partial charge in [0.2, 0.25) is 0 Å². The summed E-state index contributed by atoms with van der Waals surface area (Å²) in [6.45, 7) is 12.8. The zero-order valence-electron chi connectivity index (χ0n) is 13.8. The van der Waals surface area contributed by atoms with Crippen molar-refractivity contribution in [2.45, 2.75) is 53.4 Å². The molecule has 110 valence electrons. The van der Waals surface area contributed by atoms with E-state index < -0.39 is 0 Å². The highest BCUT2D eigenvalue weighted by atomic mass is 16.5. The lowest BCUT2D eigenvalue weighted by Crippen LogP contribution is -1.99. The number of fused-ring (bicyclic) bond motifs is 1. The second-order valence-corrected chi connectivity index (χ2v) is 5.33. The smallest absolute Gasteiger partial charge is 0.121 e. The Morgan fingerprint density at radius 2 is 1.60 bits per heavy atom. The van der Waals surface area contributed by atoms with E-state index in [1.54, 1.807) is 7.11 Å². The minimum absolute atomic E-state index is 0.443. The molecule has 0 saturated carbocycles. The highest BCUT2D eigenvalue weighted by molar-refractivity contribution is 5.84. The number of rotatable bonds is 3. The van der Waals surface area contributed by atoms with Crippen molar-refractivity contribution in [2.24, 2.45) is 0 Å². The first-order chi connectivity index (χ1) is 9.52. The third-order valence-electron chi connectivity index (χ3n) is 3.28. The molecule has 1 heterocycles. The molecular formula is C18H27NO. The maximum absolute atomic E-state index is 5.28. The van der Waals surface area contributed by atoms with Gasteiger partial charge in [0.05, 0.1) is 12.6 Å². The molecule has 2 aromatic rings. The molecule has 1 aromatic heterocycles. The van der Waals surface area contributed by atoms with Crippen molar-refractivity contribution >= 4 is 10.9 Å². The third-order valence-corrected chi connectivity index (χ3v) is 3.28. The Labute approximate surface area is 123 Å². The summed E-state index contributed by atoms with van der Waals surface area (Å²) in [6.07, 6.45) is 0. The van der Waals surface area contributed by atoms with Crippen LogP contribution in [0, 0.1) is 0 Å². The maximum Gasteiger partial charge on any atom is 0.121 e. The minimum atomic E-state index is 0.443. The van der Waals surface area contributed by atoms with Crippen LogP contribution in [0.4, 0.5) is 0 Å². The molecule has 0 fully saturated rings. The Balaban J connectivity index is 0.000000956. The second kappa shape index (κ2) is 7.28. The van der Waals surface area contributed by atoms with Crippen LogP contribution in [0.1, 0.15) is 64.6 Å². The van der Waals surface area contributed by atoms with Crippen molar-refractivity contribution in [1.29, 1.82) is 0 Å². The van der Waals surface area contributed by atoms with Crippen LogP contribution in [0.2, 0.25) is 0 Å². The van der Waals surface area contributed by atoms with Gasteiger partial charge in [0, 0.05) is 17.1 Å². The van der Waals surface area contributed by atoms with E-state index in [1.807, 2.05) is 26.0 Å². The number of hydrogen-bond acceptors (Lipinski definition) is 2. The number of ether oxygens (including phenoxy) is 1. The average Bonchev–Trinajstić information content (AvgIpc) is 2.47. The van der Waals surface area contributed by atoms with E-state index in [4.69, 9.17) is 9.72 Å². The second-order valence-electron chi connectivity index (χ2n) is 5.33. The van der Waals surface area contributed by atoms with Crippen molar-refractivity contribution < 1.29 is 4.74 Å². The van der Waals surface area contributed by atoms with Crippen LogP contribution in [0.25, 0.3) is 10.9 Å². The van der Waals surface area contributed by atoms with Gasteiger partial charge in [-0.1, -0.05) is 41.5 Å². The van der Waals surface area contributed by atoms with Gasteiger partial charge in [-0.15, -0.1) is 0 Å². The zero-order chi connectivity index (χ0) is 15.3. The summed E-state index contributed by atoms with van der Waals surface area (Å²) in [4.78, 5) is 4.75. The molecular weight excluding hydrogens is 246 g/mol. The minimum Gasteiger partial charge on any atom is -0.497 e. The molecule has 0 N–H and O–H groups in total. The molecule has 0 unspecified atom stereocenters. The fourth-order valence-corrected chi connectivity index (χ4v) is 2.16. The molecule has 2 heteroatoms. The van der Waals surface area contributed by atoms with Gasteiger partial charge in [-0.3, -0.25) is 4.98 Å². The van der Waals surface area contributed by atoms with Crippen molar-refractivity contribution in [3.8, 4) is 5.75 Å². The first-order valence-electron chi connectivity index (χ1n) is 7.51. The van der Waals surface area contributed by atoms with E-state index >= 15 is 0 Å². The summed E-state index contributed by atoms with van der Waals surface area (Å²) >= 11 is 0. The normalized spacial score (nSPS) is 10.7. The first-order valence-corrected chi connectivity index (χ1v) is 7.51. The van der Waals surface area contributed by atoms with Gasteiger partial charge in [0.25, 0.3) is 0 Å². The van der Waals surface area contributed by atoms with Gasteiger partial charge in [0.1, 0.15) is 5.75 Å². The average molecular weight is 273 g/mol. The lowest BCUT2D eigenvalue weighted by molar-refractivity contribution is 0.415. The van der Waals surface area contributed by atoms with Crippen LogP contribution in [0.3, 0.4) is 0 Å². The van der Waals surface area contributed by atoms with Crippen LogP contribution < -0.4 is 4.74 Å². The van der Waals surface area contributed by atoms with E-state index in [1.165, 1.54) is 10.9 Å². The molecule has 2 rings (SSSR count). The molecule has 20 heavy (non-hydrogen) atoms. The molecule has 0 aliphatic carbocycles. The molecule has 0 bridgehead atoms. The van der Waals surface area contributed by atoms with Crippen molar-refractivity contribution in [1.82, 2.24) is 4.98 Å². The Kier molecular flexibility index (Phi) is 6.00. The fourth-order valence-electron chi connectivity index (χ4n) is 2.16. The van der Waals surface area contributed by atoms with Crippen molar-refractivity contribution in [2.75, 3.05) is 7.11 Å². The Morgan fingerprint density at radius 3 is 2.10 bits per heavy atom. The monoisotopic (exact) mass is 273 g/mol. The Hall–Kier alpha value is -1.57. The van der Waals surface area contributed by atoms with E-state index in [0.29, 0.717) is 11.8 Å². The summed E-state index contributed by atoms with van der Waals surface area (Å²) in [5.74, 6) is 1.81. The quantitative estimate of drug-likeness (QED) is 0.735. The van der Waals surface area contributed by atoms with Crippen LogP contribution in [-0.4, -0.2) is 12.1 Å². The van der Waals surface area contributed by atoms with Gasteiger partial charge in [0.15, 0.2) is 0 Å². The summed E-state index contributed by atoms with van der Waals surface area (Å²) in [5.41, 5.74) is 3.55. The maximum atomic E-state index is 5.28. The van der Waals surface area contributed by atoms with E-state index in [0.717, 1.165) is 17.0 Å². The standard InChI is InChI=1S/C16H21NO.C2H6/c1-10(2)14-9-15(11(3)4)17-16-8-12(18-5)6-7-13(14)16;1-2/h6-11H,1-5H3;1-2H3. The first kappa shape index (κ1) is 16.5. The number of pyridine rings is 1. The molecule has 0 saturated heterocycles. The van der Waals surface area contributed by atoms with E-state index in [9.17, 15) is 0 Å². The van der Waals surface area contributed by atoms with Crippen LogP contribution in [-0.2, 0) is 0 Å². The van der Waals surface area contributed by atoms with Crippen LogP contribution >= 0.6 is 0 Å². The number of hydrogen-bond donors (Lipinski definition) is 0. The number of methoxy groups -OCH3 is 1. The molecule has 2 nitrogen and oxygen atoms in total. The fraction of sp³-hybridized carbons (Fsp3) is 0.500. The van der Waals surface area contributed by atoms with E-state index in [2.05, 4.69) is 39.8 Å². The van der Waals surface area contributed by atoms with Gasteiger partial charge in [-0.2, -0.15) is 0 Å².